The van der Waals surface area contributed by atoms with Crippen molar-refractivity contribution >= 4 is 39.2 Å². The summed E-state index contributed by atoms with van der Waals surface area (Å²) in [5.74, 6) is -3.36. The number of benzene rings is 3. The predicted molar refractivity (Wildman–Crippen MR) is 124 cm³/mol. The van der Waals surface area contributed by atoms with Gasteiger partial charge in [-0.15, -0.1) is 0 Å². The summed E-state index contributed by atoms with van der Waals surface area (Å²) in [5, 5.41) is 21.2. The number of halogens is 4. The van der Waals surface area contributed by atoms with E-state index < -0.39 is 63.4 Å². The Balaban J connectivity index is 1.88. The average Bonchev–Trinajstić information content (AvgIpc) is 3.01. The van der Waals surface area contributed by atoms with Crippen molar-refractivity contribution in [2.75, 3.05) is 11.4 Å². The number of carboxylic acid groups (broad SMARTS) is 1. The molecular formula is C24H17ClF3N2O6S-. The quantitative estimate of drug-likeness (QED) is 0.531. The Morgan fingerprint density at radius 1 is 1.00 bits per heavy atom. The third kappa shape index (κ3) is 4.99. The maximum Gasteiger partial charge on any atom is 0.417 e. The second-order valence-electron chi connectivity index (χ2n) is 8.08. The van der Waals surface area contributed by atoms with E-state index in [-0.39, 0.29) is 21.9 Å². The van der Waals surface area contributed by atoms with E-state index in [2.05, 4.69) is 0 Å². The lowest BCUT2D eigenvalue weighted by Crippen LogP contribution is -2.54. The molecule has 13 heteroatoms. The third-order valence-electron chi connectivity index (χ3n) is 5.81. The number of rotatable bonds is 4. The van der Waals surface area contributed by atoms with Crippen LogP contribution in [-0.2, 0) is 27.5 Å². The van der Waals surface area contributed by atoms with E-state index >= 15 is 0 Å². The third-order valence-corrected chi connectivity index (χ3v) is 7.99. The minimum atomic E-state index is -4.96. The minimum Gasteiger partial charge on any atom is -0.548 e. The lowest BCUT2D eigenvalue weighted by Gasteiger charge is -2.32. The Labute approximate surface area is 214 Å². The smallest absolute Gasteiger partial charge is 0.417 e. The van der Waals surface area contributed by atoms with Gasteiger partial charge in [0.2, 0.25) is 10.0 Å². The maximum atomic E-state index is 13.7. The van der Waals surface area contributed by atoms with Crippen molar-refractivity contribution in [2.24, 2.45) is 0 Å². The summed E-state index contributed by atoms with van der Waals surface area (Å²) >= 11 is 6.01. The summed E-state index contributed by atoms with van der Waals surface area (Å²) in [6.45, 7) is -1.39. The molecule has 4 rings (SSSR count). The molecule has 3 aromatic carbocycles. The van der Waals surface area contributed by atoms with E-state index in [9.17, 15) is 41.4 Å². The molecule has 0 spiro atoms. The Bertz CT molecular complexity index is 1480. The molecule has 0 fully saturated rings. The zero-order valence-electron chi connectivity index (χ0n) is 18.6. The van der Waals surface area contributed by atoms with Crippen molar-refractivity contribution in [3.63, 3.8) is 0 Å². The van der Waals surface area contributed by atoms with Gasteiger partial charge in [0.25, 0.3) is 5.91 Å². The number of aromatic hydroxyl groups is 1. The summed E-state index contributed by atoms with van der Waals surface area (Å²) in [7, 11) is -4.54. The van der Waals surface area contributed by atoms with Crippen LogP contribution in [0, 0.1) is 0 Å². The number of carbonyl (C=O) groups is 2. The van der Waals surface area contributed by atoms with Gasteiger partial charge in [-0.2, -0.15) is 17.5 Å². The van der Waals surface area contributed by atoms with E-state index in [0.29, 0.717) is 10.4 Å². The molecule has 0 aliphatic carbocycles. The van der Waals surface area contributed by atoms with Crippen LogP contribution >= 0.6 is 11.6 Å². The van der Waals surface area contributed by atoms with Gasteiger partial charge in [-0.25, -0.2) is 8.42 Å². The normalized spacial score (nSPS) is 16.6. The minimum absolute atomic E-state index is 0.00944. The Morgan fingerprint density at radius 2 is 1.65 bits per heavy atom. The van der Waals surface area contributed by atoms with Gasteiger partial charge in [-0.3, -0.25) is 4.79 Å². The van der Waals surface area contributed by atoms with E-state index in [1.807, 2.05) is 0 Å². The van der Waals surface area contributed by atoms with Crippen LogP contribution in [0.2, 0.25) is 5.02 Å². The summed E-state index contributed by atoms with van der Waals surface area (Å²) in [4.78, 5) is 26.2. The zero-order chi connectivity index (χ0) is 27.1. The van der Waals surface area contributed by atoms with Crippen LogP contribution in [0.3, 0.4) is 0 Å². The van der Waals surface area contributed by atoms with Crippen LogP contribution in [0.25, 0.3) is 0 Å². The first-order chi connectivity index (χ1) is 17.3. The number of carboxylic acids is 1. The van der Waals surface area contributed by atoms with E-state index in [1.165, 1.54) is 24.3 Å². The molecule has 0 bridgehead atoms. The molecule has 1 aliphatic rings. The number of sulfonamides is 1. The van der Waals surface area contributed by atoms with Gasteiger partial charge in [0, 0.05) is 18.8 Å². The number of nitrogens with zero attached hydrogens (tertiary/aromatic N) is 2. The van der Waals surface area contributed by atoms with Crippen molar-refractivity contribution in [3.05, 3.63) is 88.4 Å². The Kier molecular flexibility index (Phi) is 6.93. The standard InChI is InChI=1S/C24H18ClF3N2O6S/c25-18-6-3-5-17(24(26,27)28)21(18)22(32)29-13-20(23(33)34)30(12-14-4-1-2-7-19(14)29)37(35,36)16-10-8-15(31)9-11-16/h1-11,20,31H,12-13H2,(H,33,34)/p-1. The number of hydrogen-bond donors (Lipinski definition) is 1. The molecule has 1 amide bonds. The monoisotopic (exact) mass is 553 g/mol. The van der Waals surface area contributed by atoms with Gasteiger partial charge in [0.15, 0.2) is 0 Å². The second-order valence-corrected chi connectivity index (χ2v) is 10.4. The summed E-state index contributed by atoms with van der Waals surface area (Å²) in [5.41, 5.74) is -2.07. The number of para-hydroxylation sites is 1. The fourth-order valence-corrected chi connectivity index (χ4v) is 5.85. The molecule has 194 valence electrons. The predicted octanol–water partition coefficient (Wildman–Crippen LogP) is 3.03. The molecule has 1 N–H and O–H groups in total. The molecule has 1 atom stereocenters. The number of fused-ring (bicyclic) bond motifs is 1. The molecular weight excluding hydrogens is 537 g/mol. The van der Waals surface area contributed by atoms with Gasteiger partial charge >= 0.3 is 6.18 Å². The lowest BCUT2D eigenvalue weighted by atomic mass is 10.0. The highest BCUT2D eigenvalue weighted by Gasteiger charge is 2.42. The number of carbonyl (C=O) groups excluding carboxylic acids is 2. The van der Waals surface area contributed by atoms with Crippen molar-refractivity contribution < 1.29 is 41.4 Å². The van der Waals surface area contributed by atoms with Gasteiger partial charge in [0.1, 0.15) is 5.75 Å². The SMILES string of the molecule is O=C([O-])C1CN(C(=O)c2c(Cl)cccc2C(F)(F)F)c2ccccc2CN1S(=O)(=O)c1ccc(O)cc1. The fourth-order valence-electron chi connectivity index (χ4n) is 4.05. The molecule has 1 aliphatic heterocycles. The highest BCUT2D eigenvalue weighted by molar-refractivity contribution is 7.89. The molecule has 0 saturated heterocycles. The molecule has 37 heavy (non-hydrogen) atoms. The molecule has 8 nitrogen and oxygen atoms in total. The topological polar surface area (TPSA) is 118 Å². The van der Waals surface area contributed by atoms with Gasteiger partial charge in [0.05, 0.1) is 33.1 Å². The number of anilines is 1. The highest BCUT2D eigenvalue weighted by atomic mass is 35.5. The number of aliphatic carboxylic acids is 1. The zero-order valence-corrected chi connectivity index (χ0v) is 20.2. The lowest BCUT2D eigenvalue weighted by molar-refractivity contribution is -0.310. The maximum absolute atomic E-state index is 13.7. The number of alkyl halides is 3. The Morgan fingerprint density at radius 3 is 2.27 bits per heavy atom. The van der Waals surface area contributed by atoms with E-state index in [4.69, 9.17) is 11.6 Å². The molecule has 0 saturated carbocycles. The second kappa shape index (κ2) is 9.69. The summed E-state index contributed by atoms with van der Waals surface area (Å²) < 4.78 is 68.7. The van der Waals surface area contributed by atoms with E-state index in [0.717, 1.165) is 41.3 Å². The van der Waals surface area contributed by atoms with Gasteiger partial charge < -0.3 is 19.9 Å². The first-order valence-electron chi connectivity index (χ1n) is 10.6. The van der Waals surface area contributed by atoms with Crippen LogP contribution in [0.5, 0.6) is 5.75 Å². The van der Waals surface area contributed by atoms with Gasteiger partial charge in [-0.1, -0.05) is 35.9 Å². The fraction of sp³-hybridized carbons (Fsp3) is 0.167. The summed E-state index contributed by atoms with van der Waals surface area (Å²) in [6.07, 6.45) is -4.96. The van der Waals surface area contributed by atoms with Crippen LogP contribution < -0.4 is 10.0 Å². The van der Waals surface area contributed by atoms with Crippen molar-refractivity contribution in [3.8, 4) is 5.75 Å². The number of amides is 1. The highest BCUT2D eigenvalue weighted by Crippen LogP contribution is 2.38. The average molecular weight is 554 g/mol. The Hall–Kier alpha value is -3.61. The van der Waals surface area contributed by atoms with Gasteiger partial charge in [-0.05, 0) is 48.0 Å². The van der Waals surface area contributed by atoms with Crippen LogP contribution in [0.4, 0.5) is 18.9 Å². The van der Waals surface area contributed by atoms with Crippen molar-refractivity contribution in [1.29, 1.82) is 0 Å². The first kappa shape index (κ1) is 26.5. The van der Waals surface area contributed by atoms with Crippen LogP contribution in [-0.4, -0.2) is 42.3 Å². The molecule has 0 aromatic heterocycles. The summed E-state index contributed by atoms with van der Waals surface area (Å²) in [6, 6.07) is 10.9. The van der Waals surface area contributed by atoms with Crippen LogP contribution in [0.1, 0.15) is 21.5 Å². The largest absolute Gasteiger partial charge is 0.548 e. The van der Waals surface area contributed by atoms with Crippen molar-refractivity contribution in [1.82, 2.24) is 4.31 Å². The molecule has 1 unspecified atom stereocenters. The van der Waals surface area contributed by atoms with Crippen LogP contribution in [0.15, 0.2) is 71.6 Å². The number of hydrogen-bond acceptors (Lipinski definition) is 6. The first-order valence-corrected chi connectivity index (χ1v) is 12.4. The number of phenolic OH excluding ortho intramolecular Hbond substituents is 1. The van der Waals surface area contributed by atoms with Crippen molar-refractivity contribution in [2.45, 2.75) is 23.7 Å². The molecule has 1 heterocycles. The van der Waals surface area contributed by atoms with E-state index in [1.54, 1.807) is 0 Å². The number of phenols is 1. The molecule has 3 aromatic rings. The molecule has 0 radical (unpaired) electrons.